The number of carbonyl (C=O) groups excluding carboxylic acids is 3. The van der Waals surface area contributed by atoms with Crippen molar-refractivity contribution in [3.63, 3.8) is 0 Å². The first-order chi connectivity index (χ1) is 13.9. The van der Waals surface area contributed by atoms with Crippen LogP contribution in [0, 0.1) is 17.2 Å². The monoisotopic (exact) mass is 396 g/mol. The first kappa shape index (κ1) is 19.2. The number of nitriles is 1. The van der Waals surface area contributed by atoms with Crippen LogP contribution in [0.4, 0.5) is 10.5 Å². The molecule has 3 heterocycles. The number of pyridine rings is 1. The minimum atomic E-state index is -0.927. The molecule has 1 aromatic heterocycles. The molecule has 3 fully saturated rings. The molecular weight excluding hydrogens is 372 g/mol. The molecule has 29 heavy (non-hydrogen) atoms. The second-order valence-corrected chi connectivity index (χ2v) is 8.08. The van der Waals surface area contributed by atoms with Gasteiger partial charge in [-0.2, -0.15) is 5.26 Å². The van der Waals surface area contributed by atoms with E-state index in [1.165, 1.54) is 6.20 Å². The molecule has 0 spiro atoms. The number of carbonyl (C=O) groups is 3. The summed E-state index contributed by atoms with van der Waals surface area (Å²) in [6.07, 6.45) is 5.61. The first-order valence-electron chi connectivity index (χ1n) is 9.96. The average molecular weight is 396 g/mol. The van der Waals surface area contributed by atoms with Crippen molar-refractivity contribution in [1.82, 2.24) is 20.5 Å². The van der Waals surface area contributed by atoms with Crippen LogP contribution < -0.4 is 15.5 Å². The topological polar surface area (TPSA) is 118 Å². The minimum Gasteiger partial charge on any atom is -0.364 e. The summed E-state index contributed by atoms with van der Waals surface area (Å²) < 4.78 is 0. The number of imide groups is 1. The quantitative estimate of drug-likeness (QED) is 0.710. The van der Waals surface area contributed by atoms with E-state index in [1.54, 1.807) is 6.20 Å². The fourth-order valence-corrected chi connectivity index (χ4v) is 4.42. The van der Waals surface area contributed by atoms with Crippen molar-refractivity contribution >= 4 is 23.5 Å². The highest BCUT2D eigenvalue weighted by Crippen LogP contribution is 2.43. The zero-order chi connectivity index (χ0) is 20.6. The number of nitrogens with zero attached hydrogens (tertiary/aromatic N) is 4. The van der Waals surface area contributed by atoms with Gasteiger partial charge < -0.3 is 15.1 Å². The predicted molar refractivity (Wildman–Crippen MR) is 104 cm³/mol. The number of piperazine rings is 1. The van der Waals surface area contributed by atoms with E-state index in [2.05, 4.69) is 26.6 Å². The van der Waals surface area contributed by atoms with Gasteiger partial charge in [-0.1, -0.05) is 0 Å². The number of nitrogens with one attached hydrogen (secondary N) is 2. The molecule has 2 atom stereocenters. The molecule has 9 nitrogen and oxygen atoms in total. The fourth-order valence-electron chi connectivity index (χ4n) is 4.42. The van der Waals surface area contributed by atoms with Gasteiger partial charge in [0.25, 0.3) is 5.91 Å². The van der Waals surface area contributed by atoms with Crippen LogP contribution in [0.3, 0.4) is 0 Å². The second kappa shape index (κ2) is 7.35. The Labute approximate surface area is 169 Å². The van der Waals surface area contributed by atoms with Crippen LogP contribution in [-0.4, -0.2) is 58.9 Å². The van der Waals surface area contributed by atoms with Crippen molar-refractivity contribution in [1.29, 1.82) is 5.26 Å². The third-order valence-corrected chi connectivity index (χ3v) is 6.14. The molecule has 9 heteroatoms. The molecule has 3 aliphatic rings. The normalized spacial score (nSPS) is 26.7. The van der Waals surface area contributed by atoms with Crippen LogP contribution in [0.15, 0.2) is 18.5 Å². The maximum Gasteiger partial charge on any atom is 0.322 e. The smallest absolute Gasteiger partial charge is 0.322 e. The Balaban J connectivity index is 1.37. The molecule has 2 saturated heterocycles. The van der Waals surface area contributed by atoms with E-state index in [-0.39, 0.29) is 30.2 Å². The highest BCUT2D eigenvalue weighted by Gasteiger charge is 2.55. The van der Waals surface area contributed by atoms with Gasteiger partial charge in [-0.15, -0.1) is 0 Å². The van der Waals surface area contributed by atoms with Gasteiger partial charge in [-0.3, -0.25) is 19.9 Å². The number of aromatic nitrogens is 1. The third-order valence-electron chi connectivity index (χ3n) is 6.14. The third kappa shape index (κ3) is 3.62. The van der Waals surface area contributed by atoms with E-state index in [9.17, 15) is 14.4 Å². The summed E-state index contributed by atoms with van der Waals surface area (Å²) in [5.74, 6) is -0.187. The lowest BCUT2D eigenvalue weighted by atomic mass is 9.87. The molecule has 2 aliphatic heterocycles. The maximum absolute atomic E-state index is 12.8. The summed E-state index contributed by atoms with van der Waals surface area (Å²) in [4.78, 5) is 44.9. The molecule has 4 rings (SSSR count). The number of urea groups is 1. The van der Waals surface area contributed by atoms with Crippen LogP contribution in [0.1, 0.15) is 38.2 Å². The van der Waals surface area contributed by atoms with Crippen molar-refractivity contribution < 1.29 is 14.4 Å². The summed E-state index contributed by atoms with van der Waals surface area (Å²) in [6.45, 7) is 3.81. The Kier molecular flexibility index (Phi) is 4.86. The number of amides is 4. The molecule has 0 bridgehead atoms. The number of hydrogen-bond acceptors (Lipinski definition) is 6. The Morgan fingerprint density at radius 3 is 2.76 bits per heavy atom. The Bertz CT molecular complexity index is 892. The van der Waals surface area contributed by atoms with E-state index in [0.717, 1.165) is 18.5 Å². The SMILES string of the molecule is C[C@H]1CN(C(=O)CCC2(C3CC3)NC(=O)NC2=O)CCN1c1cncc(C#N)c1. The lowest BCUT2D eigenvalue weighted by Crippen LogP contribution is -2.54. The van der Waals surface area contributed by atoms with Crippen LogP contribution in [0.2, 0.25) is 0 Å². The minimum absolute atomic E-state index is 0.00521. The number of hydrogen-bond donors (Lipinski definition) is 2. The van der Waals surface area contributed by atoms with Crippen molar-refractivity contribution in [2.75, 3.05) is 24.5 Å². The van der Waals surface area contributed by atoms with E-state index in [1.807, 2.05) is 17.9 Å². The van der Waals surface area contributed by atoms with Gasteiger partial charge in [0, 0.05) is 38.3 Å². The fraction of sp³-hybridized carbons (Fsp3) is 0.550. The molecule has 152 valence electrons. The molecule has 1 aromatic rings. The summed E-state index contributed by atoms with van der Waals surface area (Å²) in [7, 11) is 0. The molecule has 0 radical (unpaired) electrons. The predicted octanol–water partition coefficient (Wildman–Crippen LogP) is 0.759. The zero-order valence-corrected chi connectivity index (χ0v) is 16.4. The van der Waals surface area contributed by atoms with E-state index < -0.39 is 11.6 Å². The van der Waals surface area contributed by atoms with E-state index in [0.29, 0.717) is 31.6 Å². The summed E-state index contributed by atoms with van der Waals surface area (Å²) >= 11 is 0. The van der Waals surface area contributed by atoms with E-state index in [4.69, 9.17) is 5.26 Å². The van der Waals surface area contributed by atoms with Gasteiger partial charge in [0.15, 0.2) is 0 Å². The lowest BCUT2D eigenvalue weighted by molar-refractivity contribution is -0.133. The Hall–Kier alpha value is -3.15. The maximum atomic E-state index is 12.8. The molecule has 1 unspecified atom stereocenters. The standard InChI is InChI=1S/C20H24N6O3/c1-13-12-25(6-7-26(13)16-8-14(9-21)10-22-11-16)17(27)4-5-20(15-2-3-15)18(28)23-19(29)24-20/h8,10-11,13,15H,2-7,12H2,1H3,(H2,23,24,28,29)/t13-,20?/m0/s1. The van der Waals surface area contributed by atoms with Gasteiger partial charge in [0.05, 0.1) is 17.4 Å². The Morgan fingerprint density at radius 2 is 2.14 bits per heavy atom. The first-order valence-corrected chi connectivity index (χ1v) is 9.96. The van der Waals surface area contributed by atoms with Crippen molar-refractivity contribution in [3.8, 4) is 6.07 Å². The Morgan fingerprint density at radius 1 is 1.34 bits per heavy atom. The second-order valence-electron chi connectivity index (χ2n) is 8.08. The lowest BCUT2D eigenvalue weighted by Gasteiger charge is -2.41. The largest absolute Gasteiger partial charge is 0.364 e. The molecule has 4 amide bonds. The molecular formula is C20H24N6O3. The van der Waals surface area contributed by atoms with Crippen LogP contribution in [0.5, 0.6) is 0 Å². The zero-order valence-electron chi connectivity index (χ0n) is 16.4. The van der Waals surface area contributed by atoms with Gasteiger partial charge in [-0.05, 0) is 38.2 Å². The van der Waals surface area contributed by atoms with E-state index >= 15 is 0 Å². The highest BCUT2D eigenvalue weighted by atomic mass is 16.2. The molecule has 0 aromatic carbocycles. The van der Waals surface area contributed by atoms with Crippen LogP contribution in [-0.2, 0) is 9.59 Å². The van der Waals surface area contributed by atoms with Gasteiger partial charge >= 0.3 is 6.03 Å². The van der Waals surface area contributed by atoms with Gasteiger partial charge in [0.1, 0.15) is 11.6 Å². The molecule has 1 saturated carbocycles. The summed E-state index contributed by atoms with van der Waals surface area (Å²) in [5, 5.41) is 14.2. The van der Waals surface area contributed by atoms with Crippen molar-refractivity contribution in [2.24, 2.45) is 5.92 Å². The van der Waals surface area contributed by atoms with Crippen LogP contribution >= 0.6 is 0 Å². The molecule has 2 N–H and O–H groups in total. The van der Waals surface area contributed by atoms with Crippen molar-refractivity contribution in [3.05, 3.63) is 24.0 Å². The van der Waals surface area contributed by atoms with Gasteiger partial charge in [0.2, 0.25) is 5.91 Å². The average Bonchev–Trinajstić information content (AvgIpc) is 3.52. The highest BCUT2D eigenvalue weighted by molar-refractivity contribution is 6.07. The number of anilines is 1. The number of rotatable bonds is 5. The summed E-state index contributed by atoms with van der Waals surface area (Å²) in [6, 6.07) is 3.52. The van der Waals surface area contributed by atoms with Crippen LogP contribution in [0.25, 0.3) is 0 Å². The van der Waals surface area contributed by atoms with Gasteiger partial charge in [-0.25, -0.2) is 4.79 Å². The molecule has 1 aliphatic carbocycles. The van der Waals surface area contributed by atoms with Crippen molar-refractivity contribution in [2.45, 2.75) is 44.2 Å². The summed E-state index contributed by atoms with van der Waals surface area (Å²) in [5.41, 5.74) is 0.459.